The van der Waals surface area contributed by atoms with Crippen molar-refractivity contribution in [2.24, 2.45) is 0 Å². The molecule has 9 heteroatoms. The van der Waals surface area contributed by atoms with Gasteiger partial charge in [-0.25, -0.2) is 23.6 Å². The van der Waals surface area contributed by atoms with Gasteiger partial charge in [-0.1, -0.05) is 24.3 Å². The van der Waals surface area contributed by atoms with E-state index in [1.807, 2.05) is 0 Å². The van der Waals surface area contributed by atoms with Crippen molar-refractivity contribution in [2.45, 2.75) is 6.10 Å². The maximum absolute atomic E-state index is 12.2. The van der Waals surface area contributed by atoms with Crippen molar-refractivity contribution in [1.29, 1.82) is 0 Å². The van der Waals surface area contributed by atoms with Crippen molar-refractivity contribution in [1.82, 2.24) is 0 Å². The fourth-order valence-electron chi connectivity index (χ4n) is 2.42. The van der Waals surface area contributed by atoms with Crippen LogP contribution in [0.3, 0.4) is 0 Å². The van der Waals surface area contributed by atoms with Gasteiger partial charge in [-0.05, 0) is 30.3 Å². The number of para-hydroxylation sites is 2. The third-order valence-electron chi connectivity index (χ3n) is 3.66. The SMILES string of the molecule is COc1ccccc1C(=O)OOC(=O)C1C=C(S(=O)O)c2ccccc2O1. The first-order valence-corrected chi connectivity index (χ1v) is 8.76. The van der Waals surface area contributed by atoms with Gasteiger partial charge in [-0.2, -0.15) is 0 Å². The Morgan fingerprint density at radius 2 is 1.78 bits per heavy atom. The molecule has 0 amide bonds. The highest BCUT2D eigenvalue weighted by Gasteiger charge is 2.31. The van der Waals surface area contributed by atoms with Gasteiger partial charge in [-0.15, -0.1) is 0 Å². The summed E-state index contributed by atoms with van der Waals surface area (Å²) < 4.78 is 31.5. The van der Waals surface area contributed by atoms with E-state index in [0.29, 0.717) is 5.56 Å². The maximum Gasteiger partial charge on any atom is 0.399 e. The second-order valence-corrected chi connectivity index (χ2v) is 6.23. The minimum Gasteiger partial charge on any atom is -0.496 e. The van der Waals surface area contributed by atoms with Crippen molar-refractivity contribution in [3.63, 3.8) is 0 Å². The molecule has 8 nitrogen and oxygen atoms in total. The molecule has 1 N–H and O–H groups in total. The molecule has 0 saturated carbocycles. The third-order valence-corrected chi connectivity index (χ3v) is 4.39. The van der Waals surface area contributed by atoms with Crippen molar-refractivity contribution >= 4 is 27.9 Å². The average Bonchev–Trinajstić information content (AvgIpc) is 2.70. The summed E-state index contributed by atoms with van der Waals surface area (Å²) in [6, 6.07) is 12.7. The lowest BCUT2D eigenvalue weighted by atomic mass is 10.1. The zero-order valence-corrected chi connectivity index (χ0v) is 14.8. The van der Waals surface area contributed by atoms with Crippen LogP contribution in [0.25, 0.3) is 4.91 Å². The Morgan fingerprint density at radius 1 is 1.07 bits per heavy atom. The quantitative estimate of drug-likeness (QED) is 0.481. The Bertz CT molecular complexity index is 936. The van der Waals surface area contributed by atoms with Crippen LogP contribution < -0.4 is 9.47 Å². The highest BCUT2D eigenvalue weighted by atomic mass is 32.2. The Morgan fingerprint density at radius 3 is 2.52 bits per heavy atom. The van der Waals surface area contributed by atoms with Crippen LogP contribution in [-0.4, -0.2) is 33.9 Å². The van der Waals surface area contributed by atoms with E-state index in [9.17, 15) is 18.4 Å². The van der Waals surface area contributed by atoms with E-state index in [1.165, 1.54) is 19.2 Å². The Labute approximate surface area is 156 Å². The molecular formula is C18H14O8S. The summed E-state index contributed by atoms with van der Waals surface area (Å²) in [6.45, 7) is 0. The number of carbonyl (C=O) groups is 2. The number of benzene rings is 2. The molecule has 0 aromatic heterocycles. The molecule has 0 bridgehead atoms. The number of rotatable bonds is 4. The fourth-order valence-corrected chi connectivity index (χ4v) is 3.02. The monoisotopic (exact) mass is 390 g/mol. The minimum absolute atomic E-state index is 0.00476. The molecule has 2 atom stereocenters. The molecule has 0 aliphatic carbocycles. The molecule has 0 radical (unpaired) electrons. The van der Waals surface area contributed by atoms with Crippen LogP contribution >= 0.6 is 0 Å². The number of ether oxygens (including phenoxy) is 2. The standard InChI is InChI=1S/C18H14O8S/c1-23-13-8-4-3-7-12(13)17(19)25-26-18(20)15-10-16(27(21)22)11-6-2-5-9-14(11)24-15/h2-10,15H,1H3,(H,21,22). The minimum atomic E-state index is -2.35. The lowest BCUT2D eigenvalue weighted by Crippen LogP contribution is -2.31. The van der Waals surface area contributed by atoms with Crippen molar-refractivity contribution in [2.75, 3.05) is 7.11 Å². The molecule has 0 saturated heterocycles. The van der Waals surface area contributed by atoms with Crippen LogP contribution in [0.5, 0.6) is 11.5 Å². The van der Waals surface area contributed by atoms with E-state index in [0.717, 1.165) is 6.08 Å². The molecule has 3 rings (SSSR count). The lowest BCUT2D eigenvalue weighted by molar-refractivity contribution is -0.238. The first kappa shape index (κ1) is 18.6. The summed E-state index contributed by atoms with van der Waals surface area (Å²) in [5.41, 5.74) is 0.448. The molecule has 2 aromatic carbocycles. The van der Waals surface area contributed by atoms with Gasteiger partial charge in [0.1, 0.15) is 17.1 Å². The van der Waals surface area contributed by atoms with Crippen molar-refractivity contribution in [3.8, 4) is 11.5 Å². The third kappa shape index (κ3) is 3.99. The number of hydrogen-bond acceptors (Lipinski definition) is 7. The predicted molar refractivity (Wildman–Crippen MR) is 94.1 cm³/mol. The number of methoxy groups -OCH3 is 1. The maximum atomic E-state index is 12.2. The van der Waals surface area contributed by atoms with Gasteiger partial charge in [0.15, 0.2) is 11.1 Å². The fraction of sp³-hybridized carbons (Fsp3) is 0.111. The zero-order chi connectivity index (χ0) is 19.4. The summed E-state index contributed by atoms with van der Waals surface area (Å²) in [6.07, 6.45) is -0.214. The molecule has 2 aromatic rings. The van der Waals surface area contributed by atoms with E-state index >= 15 is 0 Å². The van der Waals surface area contributed by atoms with Crippen LogP contribution in [0.15, 0.2) is 54.6 Å². The molecule has 1 heterocycles. The summed E-state index contributed by atoms with van der Waals surface area (Å²) in [5.74, 6) is -1.52. The molecule has 1 aliphatic heterocycles. The van der Waals surface area contributed by atoms with Crippen molar-refractivity contribution in [3.05, 3.63) is 65.7 Å². The first-order chi connectivity index (χ1) is 13.0. The number of carbonyl (C=O) groups excluding carboxylic acids is 2. The Hall–Kier alpha value is -3.17. The second-order valence-electron chi connectivity index (χ2n) is 5.29. The Balaban J connectivity index is 1.72. The smallest absolute Gasteiger partial charge is 0.399 e. The molecule has 0 spiro atoms. The molecular weight excluding hydrogens is 376 g/mol. The van der Waals surface area contributed by atoms with Gasteiger partial charge in [0.25, 0.3) is 0 Å². The molecule has 0 fully saturated rings. The van der Waals surface area contributed by atoms with Gasteiger partial charge < -0.3 is 14.0 Å². The van der Waals surface area contributed by atoms with E-state index in [1.54, 1.807) is 36.4 Å². The normalized spacial score (nSPS) is 16.2. The highest BCUT2D eigenvalue weighted by Crippen LogP contribution is 2.33. The van der Waals surface area contributed by atoms with Gasteiger partial charge in [0.2, 0.25) is 6.10 Å². The van der Waals surface area contributed by atoms with Crippen LogP contribution in [-0.2, 0) is 25.7 Å². The van der Waals surface area contributed by atoms with Crippen LogP contribution in [0.4, 0.5) is 0 Å². The zero-order valence-electron chi connectivity index (χ0n) is 14.0. The van der Waals surface area contributed by atoms with E-state index in [4.69, 9.17) is 9.47 Å². The van der Waals surface area contributed by atoms with Crippen LogP contribution in [0, 0.1) is 0 Å². The van der Waals surface area contributed by atoms with Gasteiger partial charge in [0, 0.05) is 5.56 Å². The predicted octanol–water partition coefficient (Wildman–Crippen LogP) is 2.33. The topological polar surface area (TPSA) is 108 Å². The summed E-state index contributed by atoms with van der Waals surface area (Å²) in [5, 5.41) is 0. The first-order valence-electron chi connectivity index (χ1n) is 7.65. The molecule has 1 aliphatic rings. The van der Waals surface area contributed by atoms with Gasteiger partial charge in [0.05, 0.1) is 12.0 Å². The van der Waals surface area contributed by atoms with Crippen LogP contribution in [0.2, 0.25) is 0 Å². The van der Waals surface area contributed by atoms with E-state index in [2.05, 4.69) is 9.78 Å². The number of fused-ring (bicyclic) bond motifs is 1. The number of hydrogen-bond donors (Lipinski definition) is 1. The largest absolute Gasteiger partial charge is 0.496 e. The summed E-state index contributed by atoms with van der Waals surface area (Å²) in [4.78, 5) is 33.3. The lowest BCUT2D eigenvalue weighted by Gasteiger charge is -2.22. The van der Waals surface area contributed by atoms with E-state index < -0.39 is 29.1 Å². The van der Waals surface area contributed by atoms with Crippen molar-refractivity contribution < 1.29 is 37.6 Å². The second kappa shape index (κ2) is 8.02. The van der Waals surface area contributed by atoms with E-state index in [-0.39, 0.29) is 22.0 Å². The molecule has 27 heavy (non-hydrogen) atoms. The summed E-state index contributed by atoms with van der Waals surface area (Å²) in [7, 11) is 1.38. The van der Waals surface area contributed by atoms with Crippen LogP contribution in [0.1, 0.15) is 15.9 Å². The summed E-state index contributed by atoms with van der Waals surface area (Å²) >= 11 is -2.35. The van der Waals surface area contributed by atoms with Gasteiger partial charge in [-0.3, -0.25) is 0 Å². The van der Waals surface area contributed by atoms with Gasteiger partial charge >= 0.3 is 11.9 Å². The highest BCUT2D eigenvalue weighted by molar-refractivity contribution is 7.89. The molecule has 140 valence electrons. The Kier molecular flexibility index (Phi) is 5.53. The molecule has 2 unspecified atom stereocenters. The average molecular weight is 390 g/mol.